The van der Waals surface area contributed by atoms with Crippen LogP contribution in [0.1, 0.15) is 54.9 Å². The quantitative estimate of drug-likeness (QED) is 0.605. The molecular weight excluding hydrogens is 168 g/mol. The maximum absolute atomic E-state index is 2.52. The Morgan fingerprint density at radius 3 is 1.57 bits per heavy atom. The number of hydrogen-bond donors (Lipinski definition) is 0. The van der Waals surface area contributed by atoms with E-state index in [1.54, 1.807) is 0 Å². The fourth-order valence-corrected chi connectivity index (χ4v) is 3.78. The lowest BCUT2D eigenvalue weighted by atomic mass is 9.69. The molecule has 84 valence electrons. The van der Waals surface area contributed by atoms with Crippen molar-refractivity contribution >= 4 is 0 Å². The highest BCUT2D eigenvalue weighted by molar-refractivity contribution is 4.98. The Balaban J connectivity index is 2.86. The van der Waals surface area contributed by atoms with Gasteiger partial charge in [0.2, 0.25) is 0 Å². The fourth-order valence-electron chi connectivity index (χ4n) is 3.78. The molecule has 0 amide bonds. The van der Waals surface area contributed by atoms with Gasteiger partial charge in [-0.1, -0.05) is 48.5 Å². The summed E-state index contributed by atoms with van der Waals surface area (Å²) >= 11 is 0. The third-order valence-electron chi connectivity index (χ3n) is 5.34. The van der Waals surface area contributed by atoms with Crippen LogP contribution in [0.2, 0.25) is 0 Å². The van der Waals surface area contributed by atoms with Crippen LogP contribution in [-0.2, 0) is 0 Å². The predicted molar refractivity (Wildman–Crippen MR) is 64.2 cm³/mol. The maximum Gasteiger partial charge on any atom is -0.0267 e. The highest BCUT2D eigenvalue weighted by Crippen LogP contribution is 2.56. The largest absolute Gasteiger partial charge is 0.0628 e. The van der Waals surface area contributed by atoms with Crippen molar-refractivity contribution in [1.82, 2.24) is 0 Å². The van der Waals surface area contributed by atoms with Crippen LogP contribution < -0.4 is 0 Å². The van der Waals surface area contributed by atoms with Gasteiger partial charge in [0, 0.05) is 0 Å². The van der Waals surface area contributed by atoms with Crippen LogP contribution in [0.4, 0.5) is 0 Å². The molecule has 0 aromatic heterocycles. The first kappa shape index (κ1) is 12.1. The molecule has 0 saturated heterocycles. The number of rotatable bonds is 2. The van der Waals surface area contributed by atoms with Crippen LogP contribution in [-0.4, -0.2) is 0 Å². The van der Waals surface area contributed by atoms with E-state index in [-0.39, 0.29) is 0 Å². The van der Waals surface area contributed by atoms with Crippen molar-refractivity contribution < 1.29 is 0 Å². The molecule has 0 aromatic carbocycles. The van der Waals surface area contributed by atoms with Crippen LogP contribution >= 0.6 is 0 Å². The topological polar surface area (TPSA) is 0 Å². The zero-order valence-electron chi connectivity index (χ0n) is 11.1. The lowest BCUT2D eigenvalue weighted by molar-refractivity contribution is 0.126. The van der Waals surface area contributed by atoms with Crippen molar-refractivity contribution in [3.05, 3.63) is 0 Å². The van der Waals surface area contributed by atoms with Gasteiger partial charge < -0.3 is 0 Å². The second kappa shape index (κ2) is 3.87. The van der Waals surface area contributed by atoms with Gasteiger partial charge >= 0.3 is 0 Å². The van der Waals surface area contributed by atoms with Crippen molar-refractivity contribution in [2.75, 3.05) is 0 Å². The average molecular weight is 196 g/mol. The molecule has 14 heavy (non-hydrogen) atoms. The Morgan fingerprint density at radius 1 is 0.929 bits per heavy atom. The lowest BCUT2D eigenvalue weighted by Crippen LogP contribution is -2.29. The SMILES string of the molecule is CC(C)CC1(C)[C@H](C)[C@H](C)[C@H](C)[C@@H]1C. The Labute approximate surface area is 90.5 Å². The Morgan fingerprint density at radius 2 is 1.29 bits per heavy atom. The molecule has 0 N–H and O–H groups in total. The molecule has 0 bridgehead atoms. The molecule has 0 heteroatoms. The molecular formula is C14H28. The van der Waals surface area contributed by atoms with E-state index < -0.39 is 0 Å². The minimum absolute atomic E-state index is 0.576. The zero-order valence-corrected chi connectivity index (χ0v) is 11.1. The highest BCUT2D eigenvalue weighted by atomic mass is 14.5. The van der Waals surface area contributed by atoms with E-state index in [0.717, 1.165) is 29.6 Å². The molecule has 1 fully saturated rings. The molecule has 0 radical (unpaired) electrons. The molecule has 0 aliphatic heterocycles. The maximum atomic E-state index is 2.52. The molecule has 1 rings (SSSR count). The Bertz CT molecular complexity index is 178. The van der Waals surface area contributed by atoms with E-state index in [9.17, 15) is 0 Å². The second-order valence-corrected chi connectivity index (χ2v) is 6.40. The normalized spacial score (nSPS) is 48.9. The van der Waals surface area contributed by atoms with Crippen LogP contribution in [0.5, 0.6) is 0 Å². The van der Waals surface area contributed by atoms with Gasteiger partial charge in [-0.15, -0.1) is 0 Å². The standard InChI is InChI=1S/C14H28/c1-9(2)8-14(7)12(5)10(3)11(4)13(14)6/h9-13H,8H2,1-7H3/t10-,11+,12-,13+,14?. The number of hydrogen-bond acceptors (Lipinski definition) is 0. The van der Waals surface area contributed by atoms with Gasteiger partial charge in [0.05, 0.1) is 0 Å². The van der Waals surface area contributed by atoms with Crippen LogP contribution in [0.15, 0.2) is 0 Å². The molecule has 1 saturated carbocycles. The lowest BCUT2D eigenvalue weighted by Gasteiger charge is -2.36. The van der Waals surface area contributed by atoms with E-state index in [4.69, 9.17) is 0 Å². The Hall–Kier alpha value is 0. The van der Waals surface area contributed by atoms with Gasteiger partial charge in [-0.05, 0) is 41.4 Å². The first-order valence-electron chi connectivity index (χ1n) is 6.30. The summed E-state index contributed by atoms with van der Waals surface area (Å²) in [5, 5.41) is 0. The van der Waals surface area contributed by atoms with Gasteiger partial charge in [0.15, 0.2) is 0 Å². The summed E-state index contributed by atoms with van der Waals surface area (Å²) in [6.07, 6.45) is 1.39. The van der Waals surface area contributed by atoms with E-state index in [2.05, 4.69) is 48.5 Å². The van der Waals surface area contributed by atoms with Gasteiger partial charge in [-0.2, -0.15) is 0 Å². The molecule has 1 unspecified atom stereocenters. The van der Waals surface area contributed by atoms with Crippen LogP contribution in [0.25, 0.3) is 0 Å². The van der Waals surface area contributed by atoms with Crippen LogP contribution in [0, 0.1) is 35.0 Å². The molecule has 0 spiro atoms. The summed E-state index contributed by atoms with van der Waals surface area (Å²) in [5.41, 5.74) is 0.576. The van der Waals surface area contributed by atoms with Crippen molar-refractivity contribution in [1.29, 1.82) is 0 Å². The highest BCUT2D eigenvalue weighted by Gasteiger charge is 2.49. The van der Waals surface area contributed by atoms with Crippen molar-refractivity contribution in [3.8, 4) is 0 Å². The van der Waals surface area contributed by atoms with Gasteiger partial charge in [-0.25, -0.2) is 0 Å². The monoisotopic (exact) mass is 196 g/mol. The minimum Gasteiger partial charge on any atom is -0.0628 e. The summed E-state index contributed by atoms with van der Waals surface area (Å²) in [7, 11) is 0. The third kappa shape index (κ3) is 1.73. The minimum atomic E-state index is 0.576. The molecule has 0 heterocycles. The molecule has 0 nitrogen and oxygen atoms in total. The Kier molecular flexibility index (Phi) is 3.33. The second-order valence-electron chi connectivity index (χ2n) is 6.40. The van der Waals surface area contributed by atoms with E-state index in [1.165, 1.54) is 6.42 Å². The molecule has 1 aliphatic carbocycles. The van der Waals surface area contributed by atoms with Crippen molar-refractivity contribution in [2.45, 2.75) is 54.9 Å². The van der Waals surface area contributed by atoms with E-state index in [0.29, 0.717) is 5.41 Å². The summed E-state index contributed by atoms with van der Waals surface area (Å²) in [4.78, 5) is 0. The molecule has 5 atom stereocenters. The zero-order chi connectivity index (χ0) is 11.1. The van der Waals surface area contributed by atoms with Crippen LogP contribution in [0.3, 0.4) is 0 Å². The fraction of sp³-hybridized carbons (Fsp3) is 1.00. The molecule has 1 aliphatic rings. The summed E-state index contributed by atoms with van der Waals surface area (Å²) in [6.45, 7) is 17.0. The smallest absolute Gasteiger partial charge is 0.0267 e. The summed E-state index contributed by atoms with van der Waals surface area (Å²) in [6, 6.07) is 0. The van der Waals surface area contributed by atoms with E-state index >= 15 is 0 Å². The van der Waals surface area contributed by atoms with Crippen molar-refractivity contribution in [3.63, 3.8) is 0 Å². The summed E-state index contributed by atoms with van der Waals surface area (Å²) in [5.74, 6) is 4.40. The van der Waals surface area contributed by atoms with E-state index in [1.807, 2.05) is 0 Å². The molecule has 0 aromatic rings. The van der Waals surface area contributed by atoms with Gasteiger partial charge in [-0.3, -0.25) is 0 Å². The predicted octanol–water partition coefficient (Wildman–Crippen LogP) is 4.60. The first-order valence-corrected chi connectivity index (χ1v) is 6.30. The average Bonchev–Trinajstić information content (AvgIpc) is 2.21. The van der Waals surface area contributed by atoms with Gasteiger partial charge in [0.25, 0.3) is 0 Å². The third-order valence-corrected chi connectivity index (χ3v) is 5.34. The first-order chi connectivity index (χ1) is 6.30. The van der Waals surface area contributed by atoms with Gasteiger partial charge in [0.1, 0.15) is 0 Å². The van der Waals surface area contributed by atoms with Crippen molar-refractivity contribution in [2.24, 2.45) is 35.0 Å². The summed E-state index contributed by atoms with van der Waals surface area (Å²) < 4.78 is 0.